The average Bonchev–Trinajstić information content (AvgIpc) is 3.43. The fraction of sp³-hybridized carbons (Fsp3) is 0.400. The maximum absolute atomic E-state index is 14.0. The van der Waals surface area contributed by atoms with Crippen LogP contribution in [0, 0.1) is 17.2 Å². The molecule has 3 aromatic rings. The fourth-order valence-corrected chi connectivity index (χ4v) is 6.27. The van der Waals surface area contributed by atoms with E-state index < -0.39 is 24.2 Å². The van der Waals surface area contributed by atoms with Crippen molar-refractivity contribution in [1.82, 2.24) is 9.78 Å². The predicted molar refractivity (Wildman–Crippen MR) is 129 cm³/mol. The summed E-state index contributed by atoms with van der Waals surface area (Å²) < 4.78 is 48.0. The molecular formula is C25H24F3N5O2S. The number of benzene rings is 1. The van der Waals surface area contributed by atoms with Crippen LogP contribution in [0.4, 0.5) is 24.0 Å². The van der Waals surface area contributed by atoms with Crippen LogP contribution in [0.5, 0.6) is 5.75 Å². The SMILES string of the molecule is COc1ccc([C@@H]2C[C@@H](C(F)(F)F)n3ncc(C(=O)Nc4sc5c(c4C#N)CC[C@@H](C)C5)c3N2)cc1. The van der Waals surface area contributed by atoms with Crippen LogP contribution in [0.3, 0.4) is 0 Å². The van der Waals surface area contributed by atoms with Gasteiger partial charge in [-0.15, -0.1) is 11.3 Å². The summed E-state index contributed by atoms with van der Waals surface area (Å²) in [5.74, 6) is 0.472. The van der Waals surface area contributed by atoms with Gasteiger partial charge in [0.15, 0.2) is 6.04 Å². The molecular weight excluding hydrogens is 491 g/mol. The summed E-state index contributed by atoms with van der Waals surface area (Å²) >= 11 is 1.37. The number of hydrogen-bond donors (Lipinski definition) is 2. The number of nitriles is 1. The number of halogens is 3. The maximum Gasteiger partial charge on any atom is 0.410 e. The molecule has 188 valence electrons. The topological polar surface area (TPSA) is 92.0 Å². The van der Waals surface area contributed by atoms with E-state index in [4.69, 9.17) is 4.74 Å². The van der Waals surface area contributed by atoms with Gasteiger partial charge in [0.1, 0.15) is 28.2 Å². The van der Waals surface area contributed by atoms with Crippen LogP contribution < -0.4 is 15.4 Å². The first-order valence-corrected chi connectivity index (χ1v) is 12.4. The smallest absolute Gasteiger partial charge is 0.410 e. The van der Waals surface area contributed by atoms with E-state index in [1.807, 2.05) is 0 Å². The zero-order valence-electron chi connectivity index (χ0n) is 19.6. The molecule has 2 aliphatic rings. The summed E-state index contributed by atoms with van der Waals surface area (Å²) in [4.78, 5) is 14.3. The van der Waals surface area contributed by atoms with E-state index in [0.717, 1.165) is 40.6 Å². The highest BCUT2D eigenvalue weighted by Crippen LogP contribution is 2.45. The van der Waals surface area contributed by atoms with Gasteiger partial charge in [0.25, 0.3) is 5.91 Å². The number of carbonyl (C=O) groups is 1. The van der Waals surface area contributed by atoms with Crippen LogP contribution in [0.15, 0.2) is 30.5 Å². The number of fused-ring (bicyclic) bond motifs is 2. The summed E-state index contributed by atoms with van der Waals surface area (Å²) in [6.07, 6.45) is -1.11. The van der Waals surface area contributed by atoms with Gasteiger partial charge in [0.05, 0.1) is 24.9 Å². The van der Waals surface area contributed by atoms with Gasteiger partial charge in [-0.1, -0.05) is 19.1 Å². The lowest BCUT2D eigenvalue weighted by Gasteiger charge is -2.34. The van der Waals surface area contributed by atoms with Crippen molar-refractivity contribution in [1.29, 1.82) is 5.26 Å². The maximum atomic E-state index is 14.0. The molecule has 3 heterocycles. The third-order valence-electron chi connectivity index (χ3n) is 6.85. The first-order chi connectivity index (χ1) is 17.2. The number of methoxy groups -OCH3 is 1. The van der Waals surface area contributed by atoms with Gasteiger partial charge in [-0.2, -0.15) is 23.5 Å². The molecule has 1 aliphatic carbocycles. The van der Waals surface area contributed by atoms with Crippen LogP contribution in [0.25, 0.3) is 0 Å². The van der Waals surface area contributed by atoms with Gasteiger partial charge in [0, 0.05) is 11.3 Å². The highest BCUT2D eigenvalue weighted by Gasteiger charge is 2.47. The Balaban J connectivity index is 1.47. The minimum absolute atomic E-state index is 0.00431. The number of nitrogens with zero attached hydrogens (tertiary/aromatic N) is 3. The number of rotatable bonds is 4. The van der Waals surface area contributed by atoms with Crippen molar-refractivity contribution in [3.05, 3.63) is 57.6 Å². The predicted octanol–water partition coefficient (Wildman–Crippen LogP) is 5.86. The number of ether oxygens (including phenoxy) is 1. The normalized spacial score (nSPS) is 21.1. The van der Waals surface area contributed by atoms with E-state index in [0.29, 0.717) is 27.8 Å². The molecule has 11 heteroatoms. The standard InChI is InChI=1S/C25H24F3N5O2S/c1-13-3-8-16-17(11-29)24(36-20(16)9-13)32-23(34)18-12-30-33-21(25(26,27)28)10-19(31-22(18)33)14-4-6-15(35-2)7-5-14/h4-7,12-13,19,21,31H,3,8-10H2,1-2H3,(H,32,34)/t13-,19+,21+/m1/s1. The van der Waals surface area contributed by atoms with Crippen LogP contribution in [-0.4, -0.2) is 29.0 Å². The molecule has 0 spiro atoms. The number of nitrogens with one attached hydrogen (secondary N) is 2. The van der Waals surface area contributed by atoms with Gasteiger partial charge < -0.3 is 15.4 Å². The number of thiophene rings is 1. The summed E-state index contributed by atoms with van der Waals surface area (Å²) in [6.45, 7) is 2.15. The molecule has 0 radical (unpaired) electrons. The Hall–Kier alpha value is -3.52. The number of amides is 1. The molecule has 0 saturated heterocycles. The fourth-order valence-electron chi connectivity index (χ4n) is 4.91. The molecule has 1 amide bonds. The second kappa shape index (κ2) is 9.17. The number of aromatic nitrogens is 2. The second-order valence-electron chi connectivity index (χ2n) is 9.24. The van der Waals surface area contributed by atoms with Gasteiger partial charge in [-0.3, -0.25) is 4.79 Å². The summed E-state index contributed by atoms with van der Waals surface area (Å²) in [5.41, 5.74) is 2.03. The van der Waals surface area contributed by atoms with Crippen LogP contribution in [0.1, 0.15) is 63.8 Å². The largest absolute Gasteiger partial charge is 0.497 e. The highest BCUT2D eigenvalue weighted by atomic mass is 32.1. The first kappa shape index (κ1) is 24.2. The Bertz CT molecular complexity index is 1340. The average molecular weight is 516 g/mol. The molecule has 1 aliphatic heterocycles. The van der Waals surface area contributed by atoms with Crippen molar-refractivity contribution in [2.75, 3.05) is 17.7 Å². The van der Waals surface area contributed by atoms with E-state index in [9.17, 15) is 23.2 Å². The molecule has 0 unspecified atom stereocenters. The summed E-state index contributed by atoms with van der Waals surface area (Å²) in [7, 11) is 1.51. The molecule has 2 aromatic heterocycles. The van der Waals surface area contributed by atoms with E-state index in [1.54, 1.807) is 24.3 Å². The Morgan fingerprint density at radius 2 is 2.08 bits per heavy atom. The lowest BCUT2D eigenvalue weighted by atomic mass is 9.88. The Morgan fingerprint density at radius 3 is 2.75 bits per heavy atom. The molecule has 5 rings (SSSR count). The van der Waals surface area contributed by atoms with Crippen LogP contribution >= 0.6 is 11.3 Å². The van der Waals surface area contributed by atoms with Crippen molar-refractivity contribution < 1.29 is 22.7 Å². The van der Waals surface area contributed by atoms with E-state index in [2.05, 4.69) is 28.7 Å². The molecule has 2 N–H and O–H groups in total. The van der Waals surface area contributed by atoms with Crippen LogP contribution in [0.2, 0.25) is 0 Å². The van der Waals surface area contributed by atoms with Crippen molar-refractivity contribution in [3.63, 3.8) is 0 Å². The van der Waals surface area contributed by atoms with E-state index in [-0.39, 0.29) is 17.8 Å². The van der Waals surface area contributed by atoms with Gasteiger partial charge >= 0.3 is 6.18 Å². The van der Waals surface area contributed by atoms with E-state index in [1.165, 1.54) is 18.4 Å². The zero-order chi connectivity index (χ0) is 25.6. The number of hydrogen-bond acceptors (Lipinski definition) is 6. The Morgan fingerprint density at radius 1 is 1.33 bits per heavy atom. The van der Waals surface area contributed by atoms with Crippen molar-refractivity contribution >= 4 is 28.1 Å². The lowest BCUT2D eigenvalue weighted by Crippen LogP contribution is -2.36. The highest BCUT2D eigenvalue weighted by molar-refractivity contribution is 7.16. The van der Waals surface area contributed by atoms with Crippen molar-refractivity contribution in [2.45, 2.75) is 50.9 Å². The van der Waals surface area contributed by atoms with Crippen molar-refractivity contribution in [2.24, 2.45) is 5.92 Å². The third kappa shape index (κ3) is 4.30. The molecule has 0 fully saturated rings. The monoisotopic (exact) mass is 515 g/mol. The van der Waals surface area contributed by atoms with Crippen LogP contribution in [-0.2, 0) is 12.8 Å². The molecule has 3 atom stereocenters. The molecule has 36 heavy (non-hydrogen) atoms. The second-order valence-corrected chi connectivity index (χ2v) is 10.3. The van der Waals surface area contributed by atoms with E-state index >= 15 is 0 Å². The summed E-state index contributed by atoms with van der Waals surface area (Å²) in [5, 5.41) is 20.0. The quantitative estimate of drug-likeness (QED) is 0.454. The van der Waals surface area contributed by atoms with Crippen molar-refractivity contribution in [3.8, 4) is 11.8 Å². The third-order valence-corrected chi connectivity index (χ3v) is 8.02. The van der Waals surface area contributed by atoms with Gasteiger partial charge in [0.2, 0.25) is 0 Å². The Labute approximate surface area is 209 Å². The number of alkyl halides is 3. The molecule has 7 nitrogen and oxygen atoms in total. The molecule has 1 aromatic carbocycles. The molecule has 0 saturated carbocycles. The lowest BCUT2D eigenvalue weighted by molar-refractivity contribution is -0.173. The minimum atomic E-state index is -4.56. The van der Waals surface area contributed by atoms with Gasteiger partial charge in [-0.25, -0.2) is 4.68 Å². The van der Waals surface area contributed by atoms with Gasteiger partial charge in [-0.05, 0) is 48.4 Å². The summed E-state index contributed by atoms with van der Waals surface area (Å²) in [6, 6.07) is 6.38. The number of carbonyl (C=O) groups excluding carboxylic acids is 1. The minimum Gasteiger partial charge on any atom is -0.497 e. The molecule has 0 bridgehead atoms. The zero-order valence-corrected chi connectivity index (χ0v) is 20.5. The first-order valence-electron chi connectivity index (χ1n) is 11.6. The Kier molecular flexibility index (Phi) is 6.16. The number of anilines is 2.